The fraction of sp³-hybridized carbons (Fsp3) is 0.105. The van der Waals surface area contributed by atoms with Crippen molar-refractivity contribution in [1.82, 2.24) is 24.6 Å². The summed E-state index contributed by atoms with van der Waals surface area (Å²) < 4.78 is 6.97. The zero-order valence-corrected chi connectivity index (χ0v) is 14.9. The third-order valence-electron chi connectivity index (χ3n) is 3.93. The molecule has 9 heteroatoms. The lowest BCUT2D eigenvalue weighted by atomic mass is 10.3. The average Bonchev–Trinajstić information content (AvgIpc) is 3.13. The van der Waals surface area contributed by atoms with Crippen molar-refractivity contribution in [2.75, 3.05) is 5.32 Å². The van der Waals surface area contributed by atoms with Crippen LogP contribution in [0.4, 0.5) is 5.82 Å². The summed E-state index contributed by atoms with van der Waals surface area (Å²) in [7, 11) is 0. The fourth-order valence-electron chi connectivity index (χ4n) is 2.58. The molecule has 1 atom stereocenters. The van der Waals surface area contributed by atoms with Gasteiger partial charge >= 0.3 is 0 Å². The summed E-state index contributed by atoms with van der Waals surface area (Å²) in [4.78, 5) is 35.4. The zero-order chi connectivity index (χ0) is 19.5. The van der Waals surface area contributed by atoms with E-state index < -0.39 is 17.6 Å². The van der Waals surface area contributed by atoms with Crippen molar-refractivity contribution >= 4 is 17.5 Å². The maximum absolute atomic E-state index is 12.5. The SMILES string of the molecule is CC(Oc1ccccc1)C(=O)Nc1cc(=O)[nH]c2nc(-c3cccnc3)nn12. The topological polar surface area (TPSA) is 114 Å². The molecule has 0 saturated carbocycles. The van der Waals surface area contributed by atoms with Gasteiger partial charge in [0.2, 0.25) is 5.78 Å². The van der Waals surface area contributed by atoms with Gasteiger partial charge in [0.25, 0.3) is 11.5 Å². The molecule has 1 unspecified atom stereocenters. The Balaban J connectivity index is 1.62. The number of hydrogen-bond donors (Lipinski definition) is 2. The van der Waals surface area contributed by atoms with Gasteiger partial charge in [0.1, 0.15) is 11.6 Å². The smallest absolute Gasteiger partial charge is 0.266 e. The number of pyridine rings is 1. The standard InChI is InChI=1S/C19H16N6O3/c1-12(28-14-7-3-2-4-8-14)18(27)21-15-10-16(26)22-19-23-17(24-25(15)19)13-6-5-9-20-11-13/h2-12H,1H3,(H,21,27)(H,22,23,24,26). The molecular weight excluding hydrogens is 360 g/mol. The number of H-pyrrole nitrogens is 1. The lowest BCUT2D eigenvalue weighted by Gasteiger charge is -2.14. The van der Waals surface area contributed by atoms with Crippen LogP contribution < -0.4 is 15.6 Å². The highest BCUT2D eigenvalue weighted by Gasteiger charge is 2.18. The average molecular weight is 376 g/mol. The van der Waals surface area contributed by atoms with Crippen LogP contribution >= 0.6 is 0 Å². The van der Waals surface area contributed by atoms with Gasteiger partial charge in [-0.1, -0.05) is 18.2 Å². The number of para-hydroxylation sites is 1. The first-order chi connectivity index (χ1) is 13.6. The maximum Gasteiger partial charge on any atom is 0.266 e. The number of benzene rings is 1. The quantitative estimate of drug-likeness (QED) is 0.550. The highest BCUT2D eigenvalue weighted by Crippen LogP contribution is 2.16. The molecule has 0 aliphatic carbocycles. The van der Waals surface area contributed by atoms with Crippen LogP contribution in [0.3, 0.4) is 0 Å². The number of hydrogen-bond acceptors (Lipinski definition) is 6. The molecule has 0 bridgehead atoms. The molecule has 0 aliphatic rings. The summed E-state index contributed by atoms with van der Waals surface area (Å²) in [6.45, 7) is 1.62. The van der Waals surface area contributed by atoms with Gasteiger partial charge < -0.3 is 10.1 Å². The molecule has 9 nitrogen and oxygen atoms in total. The van der Waals surface area contributed by atoms with Crippen LogP contribution in [-0.2, 0) is 4.79 Å². The van der Waals surface area contributed by atoms with E-state index in [0.29, 0.717) is 17.1 Å². The summed E-state index contributed by atoms with van der Waals surface area (Å²) in [6.07, 6.45) is 2.47. The van der Waals surface area contributed by atoms with E-state index in [-0.39, 0.29) is 11.6 Å². The highest BCUT2D eigenvalue weighted by molar-refractivity contribution is 5.93. The Hall–Kier alpha value is -4.01. The van der Waals surface area contributed by atoms with Crippen molar-refractivity contribution in [3.63, 3.8) is 0 Å². The monoisotopic (exact) mass is 376 g/mol. The van der Waals surface area contributed by atoms with Gasteiger partial charge in [0.15, 0.2) is 11.9 Å². The summed E-state index contributed by atoms with van der Waals surface area (Å²) in [5, 5.41) is 7.03. The van der Waals surface area contributed by atoms with Crippen LogP contribution in [0.1, 0.15) is 6.92 Å². The van der Waals surface area contributed by atoms with Crippen LogP contribution in [0.15, 0.2) is 65.7 Å². The third kappa shape index (κ3) is 3.58. The number of rotatable bonds is 5. The summed E-state index contributed by atoms with van der Waals surface area (Å²) in [5.41, 5.74) is 0.273. The Morgan fingerprint density at radius 2 is 2.04 bits per heavy atom. The second-order valence-corrected chi connectivity index (χ2v) is 5.99. The van der Waals surface area contributed by atoms with E-state index in [9.17, 15) is 9.59 Å². The third-order valence-corrected chi connectivity index (χ3v) is 3.93. The molecule has 0 spiro atoms. The van der Waals surface area contributed by atoms with Crippen LogP contribution in [0, 0.1) is 0 Å². The van der Waals surface area contributed by atoms with Crippen LogP contribution in [0.5, 0.6) is 5.75 Å². The highest BCUT2D eigenvalue weighted by atomic mass is 16.5. The first kappa shape index (κ1) is 17.4. The van der Waals surface area contributed by atoms with E-state index >= 15 is 0 Å². The van der Waals surface area contributed by atoms with Crippen LogP contribution in [0.2, 0.25) is 0 Å². The van der Waals surface area contributed by atoms with Gasteiger partial charge in [-0.25, -0.2) is 0 Å². The molecule has 0 radical (unpaired) electrons. The zero-order valence-electron chi connectivity index (χ0n) is 14.9. The lowest BCUT2D eigenvalue weighted by Crippen LogP contribution is -2.31. The number of carbonyl (C=O) groups is 1. The van der Waals surface area contributed by atoms with E-state index in [1.807, 2.05) is 18.2 Å². The van der Waals surface area contributed by atoms with Gasteiger partial charge in [-0.15, -0.1) is 5.10 Å². The number of carbonyl (C=O) groups excluding carboxylic acids is 1. The number of amides is 1. The second-order valence-electron chi connectivity index (χ2n) is 5.99. The summed E-state index contributed by atoms with van der Waals surface area (Å²) >= 11 is 0. The van der Waals surface area contributed by atoms with Gasteiger partial charge in [0, 0.05) is 24.0 Å². The second kappa shape index (κ2) is 7.31. The largest absolute Gasteiger partial charge is 0.481 e. The van der Waals surface area contributed by atoms with Crippen LogP contribution in [-0.4, -0.2) is 36.6 Å². The predicted molar refractivity (Wildman–Crippen MR) is 102 cm³/mol. The van der Waals surface area contributed by atoms with Crippen molar-refractivity contribution < 1.29 is 9.53 Å². The van der Waals surface area contributed by atoms with Crippen molar-refractivity contribution in [1.29, 1.82) is 0 Å². The molecule has 0 aliphatic heterocycles. The number of ether oxygens (including phenoxy) is 1. The molecule has 3 aromatic heterocycles. The van der Waals surface area contributed by atoms with Crippen molar-refractivity contribution in [2.24, 2.45) is 0 Å². The number of aromatic amines is 1. The molecule has 1 aromatic carbocycles. The molecule has 4 rings (SSSR count). The lowest BCUT2D eigenvalue weighted by molar-refractivity contribution is -0.122. The number of nitrogens with one attached hydrogen (secondary N) is 2. The van der Waals surface area contributed by atoms with Crippen molar-refractivity contribution in [3.05, 3.63) is 71.3 Å². The molecule has 2 N–H and O–H groups in total. The van der Waals surface area contributed by atoms with Gasteiger partial charge in [-0.05, 0) is 31.2 Å². The fourth-order valence-corrected chi connectivity index (χ4v) is 2.58. The maximum atomic E-state index is 12.5. The van der Waals surface area contributed by atoms with E-state index in [1.165, 1.54) is 10.6 Å². The Morgan fingerprint density at radius 1 is 1.21 bits per heavy atom. The Bertz CT molecular complexity index is 1170. The number of anilines is 1. The molecule has 1 amide bonds. The van der Waals surface area contributed by atoms with Gasteiger partial charge in [0.05, 0.1) is 0 Å². The van der Waals surface area contributed by atoms with Crippen molar-refractivity contribution in [3.8, 4) is 17.1 Å². The van der Waals surface area contributed by atoms with Gasteiger partial charge in [-0.3, -0.25) is 19.6 Å². The first-order valence-electron chi connectivity index (χ1n) is 8.53. The summed E-state index contributed by atoms with van der Waals surface area (Å²) in [6, 6.07) is 13.8. The molecule has 140 valence electrons. The van der Waals surface area contributed by atoms with E-state index in [4.69, 9.17) is 4.74 Å². The Labute approximate surface area is 159 Å². The van der Waals surface area contributed by atoms with E-state index in [1.54, 1.807) is 43.6 Å². The minimum atomic E-state index is -0.780. The van der Waals surface area contributed by atoms with Gasteiger partial charge in [-0.2, -0.15) is 9.50 Å². The minimum absolute atomic E-state index is 0.190. The summed E-state index contributed by atoms with van der Waals surface area (Å²) in [5.74, 6) is 0.919. The molecule has 4 aromatic rings. The molecule has 3 heterocycles. The first-order valence-corrected chi connectivity index (χ1v) is 8.53. The molecular formula is C19H16N6O3. The van der Waals surface area contributed by atoms with Crippen molar-refractivity contribution in [2.45, 2.75) is 13.0 Å². The molecule has 0 fully saturated rings. The number of aromatic nitrogens is 5. The Morgan fingerprint density at radius 3 is 2.79 bits per heavy atom. The Kier molecular flexibility index (Phi) is 4.55. The number of fused-ring (bicyclic) bond motifs is 1. The number of nitrogens with zero attached hydrogens (tertiary/aromatic N) is 4. The predicted octanol–water partition coefficient (Wildman–Crippen LogP) is 1.89. The van der Waals surface area contributed by atoms with E-state index in [2.05, 4.69) is 25.4 Å². The molecule has 28 heavy (non-hydrogen) atoms. The normalized spacial score (nSPS) is 11.9. The van der Waals surface area contributed by atoms with E-state index in [0.717, 1.165) is 0 Å². The minimum Gasteiger partial charge on any atom is -0.481 e. The van der Waals surface area contributed by atoms with Crippen LogP contribution in [0.25, 0.3) is 17.2 Å². The molecule has 0 saturated heterocycles.